The number of carbonyl (C=O) groups is 1. The minimum Gasteiger partial charge on any atom is -0.489 e. The normalized spacial score (nSPS) is 19.9. The molecule has 4 aliphatic rings. The quantitative estimate of drug-likeness (QED) is 0.0896. The van der Waals surface area contributed by atoms with Gasteiger partial charge in [-0.3, -0.25) is 9.69 Å². The van der Waals surface area contributed by atoms with Crippen LogP contribution in [0.5, 0.6) is 11.5 Å². The fraction of sp³-hybridized carbons (Fsp3) is 0.373. The van der Waals surface area contributed by atoms with E-state index in [4.69, 9.17) is 20.9 Å². The number of carbonyl (C=O) groups excluding carboxylic acids is 1. The van der Waals surface area contributed by atoms with Gasteiger partial charge in [0, 0.05) is 48.6 Å². The summed E-state index contributed by atoms with van der Waals surface area (Å²) in [7, 11) is 0. The lowest BCUT2D eigenvalue weighted by molar-refractivity contribution is -0.120. The molecule has 4 aromatic carbocycles. The Hall–Kier alpha value is -7.09. The zero-order valence-electron chi connectivity index (χ0n) is 41.2. The zero-order valence-corrected chi connectivity index (χ0v) is 41.2. The molecule has 2 aliphatic heterocycles. The highest BCUT2D eigenvalue weighted by atomic mass is 16.5. The number of ether oxygens (including phenoxy) is 2. The van der Waals surface area contributed by atoms with E-state index >= 15 is 0 Å². The predicted molar refractivity (Wildman–Crippen MR) is 285 cm³/mol. The van der Waals surface area contributed by atoms with Gasteiger partial charge in [0.25, 0.3) is 0 Å². The van der Waals surface area contributed by atoms with Gasteiger partial charge in [-0.1, -0.05) is 91.3 Å². The van der Waals surface area contributed by atoms with Crippen LogP contribution < -0.4 is 20.9 Å². The maximum atomic E-state index is 12.5. The van der Waals surface area contributed by atoms with Crippen molar-refractivity contribution < 1.29 is 14.3 Å². The number of hydrogen-bond donors (Lipinski definition) is 2. The molecule has 2 saturated carbocycles. The van der Waals surface area contributed by atoms with E-state index in [-0.39, 0.29) is 0 Å². The Morgan fingerprint density at radius 1 is 0.556 bits per heavy atom. The van der Waals surface area contributed by atoms with Crippen molar-refractivity contribution in [3.8, 4) is 33.8 Å². The lowest BCUT2D eigenvalue weighted by Gasteiger charge is -2.42. The van der Waals surface area contributed by atoms with E-state index < -0.39 is 0 Å². The summed E-state index contributed by atoms with van der Waals surface area (Å²) < 4.78 is 16.8. The number of ketones is 1. The second-order valence-corrected chi connectivity index (χ2v) is 20.5. The Kier molecular flexibility index (Phi) is 14.3. The molecule has 370 valence electrons. The Labute approximate surface area is 422 Å². The van der Waals surface area contributed by atoms with Crippen LogP contribution in [0.4, 0.5) is 11.6 Å². The summed E-state index contributed by atoms with van der Waals surface area (Å²) in [5, 5.41) is 1.82. The van der Waals surface area contributed by atoms with Crippen molar-refractivity contribution in [2.75, 3.05) is 50.7 Å². The maximum absolute atomic E-state index is 12.5. The minimum absolute atomic E-state index is 0.357. The highest BCUT2D eigenvalue weighted by molar-refractivity contribution is 6.02. The van der Waals surface area contributed by atoms with Gasteiger partial charge in [0.15, 0.2) is 0 Å². The minimum atomic E-state index is 0.357. The smallest absolute Gasteiger partial charge is 0.146 e. The van der Waals surface area contributed by atoms with Crippen LogP contribution in [0.1, 0.15) is 87.4 Å². The van der Waals surface area contributed by atoms with Crippen molar-refractivity contribution in [1.82, 2.24) is 38.9 Å². The number of hydrogen-bond acceptors (Lipinski definition) is 11. The first-order valence-corrected chi connectivity index (χ1v) is 26.1. The summed E-state index contributed by atoms with van der Waals surface area (Å²) in [6.45, 7) is 7.61. The Balaban J connectivity index is 0.000000158. The highest BCUT2D eigenvalue weighted by Gasteiger charge is 2.35. The van der Waals surface area contributed by atoms with E-state index in [1.165, 1.54) is 58.2 Å². The van der Waals surface area contributed by atoms with Gasteiger partial charge in [-0.05, 0) is 136 Å². The Bertz CT molecular complexity index is 3100. The molecule has 13 nitrogen and oxygen atoms in total. The largest absolute Gasteiger partial charge is 0.489 e. The van der Waals surface area contributed by atoms with Crippen molar-refractivity contribution >= 4 is 39.5 Å². The van der Waals surface area contributed by atoms with Crippen LogP contribution in [0.15, 0.2) is 134 Å². The summed E-state index contributed by atoms with van der Waals surface area (Å²) in [6.07, 6.45) is 18.8. The number of likely N-dealkylation sites (tertiary alicyclic amines) is 2. The van der Waals surface area contributed by atoms with Gasteiger partial charge in [0.1, 0.15) is 66.1 Å². The molecule has 12 rings (SSSR count). The highest BCUT2D eigenvalue weighted by Crippen LogP contribution is 2.46. The van der Waals surface area contributed by atoms with Crippen LogP contribution in [0.3, 0.4) is 0 Å². The maximum Gasteiger partial charge on any atom is 0.146 e. The molecule has 0 unspecified atom stereocenters. The molecular weight excluding hydrogens is 897 g/mol. The first-order chi connectivity index (χ1) is 35.4. The predicted octanol–water partition coefficient (Wildman–Crippen LogP) is 11.0. The summed E-state index contributed by atoms with van der Waals surface area (Å²) in [5.74, 6) is 4.42. The monoisotopic (exact) mass is 963 g/mol. The number of Topliss-reactive ketones (excluding diaryl/α,β-unsaturated/α-hetero) is 1. The average molecular weight is 963 g/mol. The van der Waals surface area contributed by atoms with Gasteiger partial charge in [-0.25, -0.2) is 19.9 Å². The van der Waals surface area contributed by atoms with E-state index in [0.717, 1.165) is 105 Å². The Morgan fingerprint density at radius 2 is 1.06 bits per heavy atom. The first-order valence-electron chi connectivity index (χ1n) is 26.1. The molecule has 0 amide bonds. The van der Waals surface area contributed by atoms with Gasteiger partial charge in [-0.2, -0.15) is 0 Å². The number of nitrogens with zero attached hydrogens (tertiary/aromatic N) is 8. The van der Waals surface area contributed by atoms with Crippen LogP contribution in [0.25, 0.3) is 44.3 Å². The molecule has 0 bridgehead atoms. The van der Waals surface area contributed by atoms with E-state index in [1.54, 1.807) is 12.7 Å². The molecule has 2 saturated heterocycles. The molecule has 6 heterocycles. The fourth-order valence-corrected chi connectivity index (χ4v) is 11.2. The van der Waals surface area contributed by atoms with Crippen LogP contribution in [-0.4, -0.2) is 83.9 Å². The van der Waals surface area contributed by atoms with Crippen molar-refractivity contribution in [1.29, 1.82) is 0 Å². The summed E-state index contributed by atoms with van der Waals surface area (Å²) >= 11 is 0. The molecule has 4 fully saturated rings. The molecule has 72 heavy (non-hydrogen) atoms. The van der Waals surface area contributed by atoms with E-state index in [2.05, 4.69) is 99.8 Å². The molecule has 0 spiro atoms. The summed E-state index contributed by atoms with van der Waals surface area (Å²) in [5.41, 5.74) is 21.0. The van der Waals surface area contributed by atoms with E-state index in [9.17, 15) is 4.79 Å². The topological polar surface area (TPSA) is 155 Å². The van der Waals surface area contributed by atoms with Crippen molar-refractivity contribution in [3.63, 3.8) is 0 Å². The number of benzene rings is 4. The number of nitrogen functional groups attached to an aromatic ring is 2. The van der Waals surface area contributed by atoms with Gasteiger partial charge in [0.2, 0.25) is 0 Å². The van der Waals surface area contributed by atoms with Crippen molar-refractivity contribution in [2.24, 2.45) is 11.8 Å². The average Bonchev–Trinajstić information content (AvgIpc) is 3.96. The van der Waals surface area contributed by atoms with Crippen molar-refractivity contribution in [2.45, 2.75) is 89.5 Å². The summed E-state index contributed by atoms with van der Waals surface area (Å²) in [6, 6.07) is 37.6. The molecule has 8 aromatic rings. The third-order valence-electron chi connectivity index (χ3n) is 15.4. The number of rotatable bonds is 17. The Morgan fingerprint density at radius 3 is 1.56 bits per heavy atom. The standard InChI is InChI=1S/C32H37N5O2.C27H29N5O/c33-31-30-29(25-10-7-11-28(18-25)39-21-23-8-3-1-4-9-23)20-37(32(30)35-22-34-31)26-16-24(17-26)12-13-27(38)19-36-14-5-2-6-15-36;28-26-25-24(21-8-4-9-23(14-21)33-17-19-6-2-1-3-7-19)16-32(27(25)30-18-29-26)22-12-20(13-22)15-31-10-5-11-31/h1,3-4,7-11,18,20,22,24,26H,2,5-6,12-17,19,21H2,(H2,33,34,35);1-4,6-9,14,16,18,20,22H,5,10-13,15,17H2,(H2,28,29,30). The van der Waals surface area contributed by atoms with Gasteiger partial charge in [-0.15, -0.1) is 0 Å². The van der Waals surface area contributed by atoms with Crippen LogP contribution >= 0.6 is 0 Å². The molecule has 2 aliphatic carbocycles. The molecule has 13 heteroatoms. The molecule has 0 atom stereocenters. The van der Waals surface area contributed by atoms with Crippen molar-refractivity contribution in [3.05, 3.63) is 145 Å². The van der Waals surface area contributed by atoms with Crippen LogP contribution in [0, 0.1) is 11.8 Å². The van der Waals surface area contributed by atoms with Gasteiger partial charge >= 0.3 is 0 Å². The third kappa shape index (κ3) is 10.7. The molecular formula is C59H66N10O3. The zero-order chi connectivity index (χ0) is 48.8. The van der Waals surface area contributed by atoms with E-state index in [1.807, 2.05) is 60.7 Å². The third-order valence-corrected chi connectivity index (χ3v) is 15.4. The molecule has 4 aromatic heterocycles. The van der Waals surface area contributed by atoms with Gasteiger partial charge < -0.3 is 35.0 Å². The second-order valence-electron chi connectivity index (χ2n) is 20.5. The lowest BCUT2D eigenvalue weighted by atomic mass is 9.77. The first kappa shape index (κ1) is 47.2. The van der Waals surface area contributed by atoms with E-state index in [0.29, 0.717) is 61.6 Å². The number of piperidine rings is 1. The number of nitrogens with two attached hydrogens (primary N) is 2. The van der Waals surface area contributed by atoms with Gasteiger partial charge in [0.05, 0.1) is 17.3 Å². The van der Waals surface area contributed by atoms with Crippen LogP contribution in [-0.2, 0) is 18.0 Å². The summed E-state index contributed by atoms with van der Waals surface area (Å²) in [4.78, 5) is 35.3. The second kappa shape index (κ2) is 21.7. The number of anilines is 2. The number of aromatic nitrogens is 6. The number of fused-ring (bicyclic) bond motifs is 2. The molecule has 0 radical (unpaired) electrons. The lowest BCUT2D eigenvalue weighted by Crippen LogP contribution is -2.43. The fourth-order valence-electron chi connectivity index (χ4n) is 11.2. The molecule has 4 N–H and O–H groups in total. The SMILES string of the molecule is Nc1ncnc2c1c(-c1cccc(OCc3ccccc3)c1)cn2C1CC(CCC(=O)CN2CCCCC2)C1.Nc1ncnc2c1c(-c1cccc(OCc3ccccc3)c1)cn2C1CC(CN2CCC2)C1. The van der Waals surface area contributed by atoms with Crippen LogP contribution in [0.2, 0.25) is 0 Å².